The maximum absolute atomic E-state index is 13.0. The zero-order valence-electron chi connectivity index (χ0n) is 15.4. The molecule has 1 atom stereocenters. The van der Waals surface area contributed by atoms with Crippen molar-refractivity contribution in [3.63, 3.8) is 0 Å². The largest absolute Gasteiger partial charge is 0.325 e. The molecular formula is C22H24N2O2. The van der Waals surface area contributed by atoms with Gasteiger partial charge in [-0.2, -0.15) is 0 Å². The van der Waals surface area contributed by atoms with Gasteiger partial charge in [-0.3, -0.25) is 9.59 Å². The van der Waals surface area contributed by atoms with Crippen LogP contribution in [0.2, 0.25) is 0 Å². The van der Waals surface area contributed by atoms with E-state index in [2.05, 4.69) is 12.1 Å². The van der Waals surface area contributed by atoms with E-state index in [1.54, 1.807) is 4.90 Å². The number of anilines is 1. The molecule has 1 fully saturated rings. The predicted octanol–water partition coefficient (Wildman–Crippen LogP) is 3.36. The number of carbonyl (C=O) groups is 2. The first-order valence-corrected chi connectivity index (χ1v) is 9.36. The summed E-state index contributed by atoms with van der Waals surface area (Å²) in [4.78, 5) is 29.5. The Morgan fingerprint density at radius 2 is 1.81 bits per heavy atom. The van der Waals surface area contributed by atoms with Gasteiger partial charge in [0, 0.05) is 24.3 Å². The molecule has 1 aliphatic heterocycles. The van der Waals surface area contributed by atoms with E-state index < -0.39 is 6.04 Å². The molecule has 2 aromatic rings. The van der Waals surface area contributed by atoms with Gasteiger partial charge in [-0.15, -0.1) is 0 Å². The van der Waals surface area contributed by atoms with Crippen molar-refractivity contribution in [2.75, 3.05) is 18.0 Å². The molecule has 2 aromatic carbocycles. The highest BCUT2D eigenvalue weighted by molar-refractivity contribution is 6.04. The SMILES string of the molecule is Cc1ccccc1C(=O)N1CCN(c2ccc3c(c2)CCC3)C(=O)C1C. The van der Waals surface area contributed by atoms with Crippen LogP contribution in [-0.4, -0.2) is 35.8 Å². The van der Waals surface area contributed by atoms with Gasteiger partial charge in [0.05, 0.1) is 0 Å². The highest BCUT2D eigenvalue weighted by atomic mass is 16.2. The summed E-state index contributed by atoms with van der Waals surface area (Å²) in [5, 5.41) is 0. The van der Waals surface area contributed by atoms with E-state index in [4.69, 9.17) is 0 Å². The van der Waals surface area contributed by atoms with Crippen molar-refractivity contribution >= 4 is 17.5 Å². The lowest BCUT2D eigenvalue weighted by Crippen LogP contribution is -2.57. The van der Waals surface area contributed by atoms with Gasteiger partial charge >= 0.3 is 0 Å². The van der Waals surface area contributed by atoms with Crippen molar-refractivity contribution in [3.05, 3.63) is 64.7 Å². The van der Waals surface area contributed by atoms with E-state index >= 15 is 0 Å². The van der Waals surface area contributed by atoms with Gasteiger partial charge < -0.3 is 9.80 Å². The zero-order chi connectivity index (χ0) is 18.3. The second-order valence-electron chi connectivity index (χ2n) is 7.29. The van der Waals surface area contributed by atoms with Crippen LogP contribution in [-0.2, 0) is 17.6 Å². The van der Waals surface area contributed by atoms with Crippen molar-refractivity contribution in [1.29, 1.82) is 0 Å². The molecule has 0 saturated carbocycles. The predicted molar refractivity (Wildman–Crippen MR) is 102 cm³/mol. The van der Waals surface area contributed by atoms with Crippen molar-refractivity contribution in [2.24, 2.45) is 0 Å². The third kappa shape index (κ3) is 2.79. The van der Waals surface area contributed by atoms with Crippen molar-refractivity contribution in [1.82, 2.24) is 4.90 Å². The van der Waals surface area contributed by atoms with Gasteiger partial charge in [0.25, 0.3) is 5.91 Å². The molecule has 26 heavy (non-hydrogen) atoms. The summed E-state index contributed by atoms with van der Waals surface area (Å²) >= 11 is 0. The summed E-state index contributed by atoms with van der Waals surface area (Å²) in [5.74, 6) is -0.0614. The van der Waals surface area contributed by atoms with Crippen LogP contribution in [0.3, 0.4) is 0 Å². The van der Waals surface area contributed by atoms with Gasteiger partial charge in [0.15, 0.2) is 0 Å². The van der Waals surface area contributed by atoms with Gasteiger partial charge in [0.2, 0.25) is 5.91 Å². The zero-order valence-corrected chi connectivity index (χ0v) is 15.4. The lowest BCUT2D eigenvalue weighted by molar-refractivity contribution is -0.124. The summed E-state index contributed by atoms with van der Waals surface area (Å²) in [6.45, 7) is 4.86. The highest BCUT2D eigenvalue weighted by Crippen LogP contribution is 2.29. The molecule has 0 radical (unpaired) electrons. The fraction of sp³-hybridized carbons (Fsp3) is 0.364. The second kappa shape index (κ2) is 6.60. The number of piperazine rings is 1. The number of carbonyl (C=O) groups excluding carboxylic acids is 2. The molecule has 1 heterocycles. The Morgan fingerprint density at radius 3 is 2.62 bits per heavy atom. The van der Waals surface area contributed by atoms with E-state index in [-0.39, 0.29) is 11.8 Å². The third-order valence-electron chi connectivity index (χ3n) is 5.69. The normalized spacial score (nSPS) is 19.6. The number of hydrogen-bond donors (Lipinski definition) is 0. The van der Waals surface area contributed by atoms with Crippen LogP contribution in [0.15, 0.2) is 42.5 Å². The van der Waals surface area contributed by atoms with E-state index in [1.165, 1.54) is 17.5 Å². The Kier molecular flexibility index (Phi) is 4.27. The van der Waals surface area contributed by atoms with E-state index in [1.807, 2.05) is 49.1 Å². The van der Waals surface area contributed by atoms with Crippen molar-refractivity contribution < 1.29 is 9.59 Å². The van der Waals surface area contributed by atoms with Gasteiger partial charge in [-0.05, 0) is 68.0 Å². The van der Waals surface area contributed by atoms with Crippen LogP contribution in [0.4, 0.5) is 5.69 Å². The van der Waals surface area contributed by atoms with Crippen molar-refractivity contribution in [3.8, 4) is 0 Å². The summed E-state index contributed by atoms with van der Waals surface area (Å²) in [6.07, 6.45) is 3.43. The van der Waals surface area contributed by atoms with E-state index in [0.717, 1.165) is 24.1 Å². The number of amides is 2. The Bertz CT molecular complexity index is 874. The lowest BCUT2D eigenvalue weighted by Gasteiger charge is -2.39. The molecule has 1 unspecified atom stereocenters. The molecule has 4 rings (SSSR count). The molecule has 134 valence electrons. The van der Waals surface area contributed by atoms with Crippen molar-refractivity contribution in [2.45, 2.75) is 39.2 Å². The fourth-order valence-corrected chi connectivity index (χ4v) is 4.10. The van der Waals surface area contributed by atoms with Crippen LogP contribution >= 0.6 is 0 Å². The number of rotatable bonds is 2. The number of nitrogens with zero attached hydrogens (tertiary/aromatic N) is 2. The molecule has 4 heteroatoms. The van der Waals surface area contributed by atoms with Gasteiger partial charge in [-0.25, -0.2) is 0 Å². The molecule has 2 aliphatic rings. The van der Waals surface area contributed by atoms with Crippen LogP contribution in [0.25, 0.3) is 0 Å². The average molecular weight is 348 g/mol. The summed E-state index contributed by atoms with van der Waals surface area (Å²) in [5.41, 5.74) is 5.35. The molecule has 0 spiro atoms. The van der Waals surface area contributed by atoms with E-state index in [9.17, 15) is 9.59 Å². The van der Waals surface area contributed by atoms with Crippen LogP contribution in [0.1, 0.15) is 40.4 Å². The van der Waals surface area contributed by atoms with Crippen LogP contribution in [0.5, 0.6) is 0 Å². The number of benzene rings is 2. The minimum Gasteiger partial charge on any atom is -0.325 e. The first-order chi connectivity index (χ1) is 12.6. The molecule has 4 nitrogen and oxygen atoms in total. The fourth-order valence-electron chi connectivity index (χ4n) is 4.10. The molecule has 0 aromatic heterocycles. The summed E-state index contributed by atoms with van der Waals surface area (Å²) in [7, 11) is 0. The van der Waals surface area contributed by atoms with Crippen LogP contribution < -0.4 is 4.90 Å². The average Bonchev–Trinajstić information content (AvgIpc) is 3.11. The molecule has 0 bridgehead atoms. The molecule has 0 N–H and O–H groups in total. The van der Waals surface area contributed by atoms with Gasteiger partial charge in [-0.1, -0.05) is 24.3 Å². The Balaban J connectivity index is 1.56. The molecule has 1 saturated heterocycles. The Hall–Kier alpha value is -2.62. The summed E-state index contributed by atoms with van der Waals surface area (Å²) < 4.78 is 0. The minimum absolute atomic E-state index is 0.00358. The first kappa shape index (κ1) is 16.8. The first-order valence-electron chi connectivity index (χ1n) is 9.36. The maximum atomic E-state index is 13.0. The smallest absolute Gasteiger partial charge is 0.254 e. The molecule has 2 amide bonds. The number of aryl methyl sites for hydroxylation is 3. The number of hydrogen-bond acceptors (Lipinski definition) is 2. The second-order valence-corrected chi connectivity index (χ2v) is 7.29. The third-order valence-corrected chi connectivity index (χ3v) is 5.69. The Morgan fingerprint density at radius 1 is 1.04 bits per heavy atom. The molecular weight excluding hydrogens is 324 g/mol. The quantitative estimate of drug-likeness (QED) is 0.835. The van der Waals surface area contributed by atoms with Crippen LogP contribution in [0, 0.1) is 6.92 Å². The molecule has 1 aliphatic carbocycles. The van der Waals surface area contributed by atoms with Gasteiger partial charge in [0.1, 0.15) is 6.04 Å². The topological polar surface area (TPSA) is 40.6 Å². The number of fused-ring (bicyclic) bond motifs is 1. The van der Waals surface area contributed by atoms with E-state index in [0.29, 0.717) is 18.7 Å². The minimum atomic E-state index is -0.455. The monoisotopic (exact) mass is 348 g/mol. The highest BCUT2D eigenvalue weighted by Gasteiger charge is 2.35. The lowest BCUT2D eigenvalue weighted by atomic mass is 10.0. The maximum Gasteiger partial charge on any atom is 0.254 e. The summed E-state index contributed by atoms with van der Waals surface area (Å²) in [6, 6.07) is 13.5. The Labute approximate surface area is 154 Å². The standard InChI is InChI=1S/C22H24N2O2/c1-15-6-3-4-9-20(15)22(26)23-12-13-24(21(25)16(23)2)19-11-10-17-7-5-8-18(17)14-19/h3-4,6,9-11,14,16H,5,7-8,12-13H2,1-2H3.